The van der Waals surface area contributed by atoms with Crippen molar-refractivity contribution in [2.24, 2.45) is 0 Å². The van der Waals surface area contributed by atoms with Gasteiger partial charge in [-0.05, 0) is 51.1 Å². The van der Waals surface area contributed by atoms with Crippen LogP contribution in [0.4, 0.5) is 4.79 Å². The molecule has 5 heteroatoms. The van der Waals surface area contributed by atoms with Gasteiger partial charge in [0.05, 0.1) is 0 Å². The fourth-order valence-corrected chi connectivity index (χ4v) is 2.65. The normalized spacial score (nSPS) is 13.1. The molecule has 4 nitrogen and oxygen atoms in total. The molecule has 1 amide bonds. The Morgan fingerprint density at radius 2 is 2.15 bits per heavy atom. The predicted octanol–water partition coefficient (Wildman–Crippen LogP) is 3.31. The molecule has 0 saturated heterocycles. The molecule has 0 aliphatic carbocycles. The van der Waals surface area contributed by atoms with Gasteiger partial charge in [0, 0.05) is 24.0 Å². The molecule has 2 N–H and O–H groups in total. The summed E-state index contributed by atoms with van der Waals surface area (Å²) in [6.07, 6.45) is 0.696. The van der Waals surface area contributed by atoms with Crippen molar-refractivity contribution in [3.63, 3.8) is 0 Å². The molecular weight excluding hydrogens is 272 g/mol. The van der Waals surface area contributed by atoms with E-state index in [1.165, 1.54) is 10.4 Å². The Labute approximate surface area is 125 Å². The second-order valence-corrected chi connectivity index (χ2v) is 6.89. The number of thiophene rings is 1. The van der Waals surface area contributed by atoms with Crippen molar-refractivity contribution in [3.05, 3.63) is 21.9 Å². The number of rotatable bonds is 6. The van der Waals surface area contributed by atoms with Crippen molar-refractivity contribution >= 4 is 17.4 Å². The summed E-state index contributed by atoms with van der Waals surface area (Å²) in [5.41, 5.74) is 0.947. The highest BCUT2D eigenvalue weighted by Gasteiger charge is 2.16. The summed E-state index contributed by atoms with van der Waals surface area (Å²) in [5, 5.41) is 8.32. The third-order valence-corrected chi connectivity index (χ3v) is 3.74. The lowest BCUT2D eigenvalue weighted by Gasteiger charge is -2.21. The Morgan fingerprint density at radius 1 is 1.45 bits per heavy atom. The molecule has 1 rings (SSSR count). The molecule has 1 aromatic heterocycles. The van der Waals surface area contributed by atoms with Gasteiger partial charge in [-0.3, -0.25) is 0 Å². The van der Waals surface area contributed by atoms with Gasteiger partial charge in [0.25, 0.3) is 0 Å². The molecule has 0 bridgehead atoms. The molecule has 0 saturated carbocycles. The molecule has 0 fully saturated rings. The molecule has 114 valence electrons. The lowest BCUT2D eigenvalue weighted by atomic mass is 10.2. The largest absolute Gasteiger partial charge is 0.444 e. The minimum Gasteiger partial charge on any atom is -0.444 e. The van der Waals surface area contributed by atoms with Crippen LogP contribution in [0, 0.1) is 0 Å². The lowest BCUT2D eigenvalue weighted by molar-refractivity contribution is 0.0523. The van der Waals surface area contributed by atoms with Crippen LogP contribution in [0.25, 0.3) is 0 Å². The zero-order valence-electron chi connectivity index (χ0n) is 13.1. The summed E-state index contributed by atoms with van der Waals surface area (Å²) in [5.74, 6) is 0. The fourth-order valence-electron chi connectivity index (χ4n) is 1.73. The molecule has 1 unspecified atom stereocenters. The number of amides is 1. The fraction of sp³-hybridized carbons (Fsp3) is 0.667. The van der Waals surface area contributed by atoms with Crippen LogP contribution in [-0.4, -0.2) is 24.3 Å². The topological polar surface area (TPSA) is 50.4 Å². The maximum Gasteiger partial charge on any atom is 0.407 e. The van der Waals surface area contributed by atoms with E-state index in [2.05, 4.69) is 35.9 Å². The first-order chi connectivity index (χ1) is 9.31. The number of hydrogen-bond acceptors (Lipinski definition) is 4. The first-order valence-corrected chi connectivity index (χ1v) is 7.95. The van der Waals surface area contributed by atoms with Crippen molar-refractivity contribution in [3.8, 4) is 0 Å². The van der Waals surface area contributed by atoms with E-state index in [4.69, 9.17) is 4.74 Å². The van der Waals surface area contributed by atoms with Crippen molar-refractivity contribution in [2.45, 2.75) is 59.2 Å². The minimum absolute atomic E-state index is 0.203. The summed E-state index contributed by atoms with van der Waals surface area (Å²) >= 11 is 1.77. The third-order valence-electron chi connectivity index (χ3n) is 2.78. The molecule has 1 atom stereocenters. The van der Waals surface area contributed by atoms with Crippen molar-refractivity contribution in [1.29, 1.82) is 0 Å². The monoisotopic (exact) mass is 298 g/mol. The highest BCUT2D eigenvalue weighted by molar-refractivity contribution is 7.10. The van der Waals surface area contributed by atoms with Crippen LogP contribution >= 0.6 is 11.3 Å². The van der Waals surface area contributed by atoms with Crippen LogP contribution < -0.4 is 10.6 Å². The first-order valence-electron chi connectivity index (χ1n) is 7.07. The van der Waals surface area contributed by atoms with E-state index in [9.17, 15) is 4.79 Å². The number of nitrogens with one attached hydrogen (secondary N) is 2. The smallest absolute Gasteiger partial charge is 0.407 e. The molecule has 0 aromatic carbocycles. The molecule has 0 spiro atoms. The van der Waals surface area contributed by atoms with E-state index >= 15 is 0 Å². The van der Waals surface area contributed by atoms with Crippen molar-refractivity contribution < 1.29 is 9.53 Å². The second kappa shape index (κ2) is 7.64. The van der Waals surface area contributed by atoms with E-state index in [-0.39, 0.29) is 12.1 Å². The molecule has 0 radical (unpaired) electrons. The number of alkyl carbamates (subject to hydrolysis) is 1. The summed E-state index contributed by atoms with van der Waals surface area (Å²) in [4.78, 5) is 12.9. The van der Waals surface area contributed by atoms with Crippen LogP contribution in [-0.2, 0) is 17.7 Å². The van der Waals surface area contributed by atoms with Crippen LogP contribution in [0.2, 0.25) is 0 Å². The Hall–Kier alpha value is -1.07. The number of hydrogen-bond donors (Lipinski definition) is 2. The van der Waals surface area contributed by atoms with Crippen LogP contribution in [0.5, 0.6) is 0 Å². The maximum absolute atomic E-state index is 11.5. The van der Waals surface area contributed by atoms with Crippen LogP contribution in [0.15, 0.2) is 11.4 Å². The Kier molecular flexibility index (Phi) is 6.49. The van der Waals surface area contributed by atoms with E-state index < -0.39 is 5.60 Å². The molecule has 1 aromatic rings. The zero-order chi connectivity index (χ0) is 15.2. The summed E-state index contributed by atoms with van der Waals surface area (Å²) in [6.45, 7) is 11.2. The lowest BCUT2D eigenvalue weighted by Crippen LogP contribution is -2.40. The Bertz CT molecular complexity index is 424. The molecule has 20 heavy (non-hydrogen) atoms. The summed E-state index contributed by atoms with van der Waals surface area (Å²) < 4.78 is 5.20. The van der Waals surface area contributed by atoms with Gasteiger partial charge in [0.15, 0.2) is 0 Å². The van der Waals surface area contributed by atoms with Crippen LogP contribution in [0.1, 0.15) is 45.1 Å². The Balaban J connectivity index is 2.27. The van der Waals surface area contributed by atoms with Gasteiger partial charge < -0.3 is 15.4 Å². The van der Waals surface area contributed by atoms with E-state index in [1.54, 1.807) is 11.3 Å². The number of ether oxygens (including phenoxy) is 1. The first kappa shape index (κ1) is 17.0. The SMILES string of the molecule is CCc1ccsc1CNC(C)CNC(=O)OC(C)(C)C. The number of carbonyl (C=O) groups excluding carboxylic acids is 1. The van der Waals surface area contributed by atoms with E-state index in [0.29, 0.717) is 6.54 Å². The summed E-state index contributed by atoms with van der Waals surface area (Å²) in [6, 6.07) is 2.37. The van der Waals surface area contributed by atoms with Crippen molar-refractivity contribution in [2.75, 3.05) is 6.54 Å². The molecule has 0 aliphatic rings. The average molecular weight is 298 g/mol. The average Bonchev–Trinajstić information content (AvgIpc) is 2.79. The van der Waals surface area contributed by atoms with Gasteiger partial charge in [-0.25, -0.2) is 4.79 Å². The quantitative estimate of drug-likeness (QED) is 0.847. The van der Waals surface area contributed by atoms with Gasteiger partial charge in [0.2, 0.25) is 0 Å². The highest BCUT2D eigenvalue weighted by atomic mass is 32.1. The third kappa shape index (κ3) is 6.39. The molecule has 0 aliphatic heterocycles. The van der Waals surface area contributed by atoms with Gasteiger partial charge in [-0.15, -0.1) is 11.3 Å². The number of carbonyl (C=O) groups is 1. The van der Waals surface area contributed by atoms with E-state index in [0.717, 1.165) is 13.0 Å². The van der Waals surface area contributed by atoms with Crippen LogP contribution in [0.3, 0.4) is 0 Å². The second-order valence-electron chi connectivity index (χ2n) is 5.89. The standard InChI is InChI=1S/C15H26N2O2S/c1-6-12-7-8-20-13(12)10-16-11(2)9-17-14(18)19-15(3,4)5/h7-8,11,16H,6,9-10H2,1-5H3,(H,17,18). The zero-order valence-corrected chi connectivity index (χ0v) is 13.9. The van der Waals surface area contributed by atoms with Gasteiger partial charge in [-0.1, -0.05) is 6.92 Å². The minimum atomic E-state index is -0.451. The predicted molar refractivity (Wildman–Crippen MR) is 84.2 cm³/mol. The highest BCUT2D eigenvalue weighted by Crippen LogP contribution is 2.17. The van der Waals surface area contributed by atoms with Gasteiger partial charge in [0.1, 0.15) is 5.60 Å². The Morgan fingerprint density at radius 3 is 2.75 bits per heavy atom. The van der Waals surface area contributed by atoms with Crippen molar-refractivity contribution in [1.82, 2.24) is 10.6 Å². The molecular formula is C15H26N2O2S. The van der Waals surface area contributed by atoms with Gasteiger partial charge >= 0.3 is 6.09 Å². The van der Waals surface area contributed by atoms with Gasteiger partial charge in [-0.2, -0.15) is 0 Å². The maximum atomic E-state index is 11.5. The summed E-state index contributed by atoms with van der Waals surface area (Å²) in [7, 11) is 0. The molecule has 1 heterocycles. The van der Waals surface area contributed by atoms with E-state index in [1.807, 2.05) is 20.8 Å². The number of aryl methyl sites for hydroxylation is 1.